The third kappa shape index (κ3) is 4.50. The number of piperidine rings is 1. The van der Waals surface area contributed by atoms with Crippen LogP contribution in [-0.4, -0.2) is 41.5 Å². The highest BCUT2D eigenvalue weighted by Gasteiger charge is 2.22. The highest BCUT2D eigenvalue weighted by Crippen LogP contribution is 2.30. The van der Waals surface area contributed by atoms with Gasteiger partial charge < -0.3 is 14.8 Å². The van der Waals surface area contributed by atoms with Crippen molar-refractivity contribution in [2.45, 2.75) is 12.8 Å². The second-order valence-corrected chi connectivity index (χ2v) is 6.93. The van der Waals surface area contributed by atoms with Gasteiger partial charge in [-0.15, -0.1) is 0 Å². The molecule has 1 fully saturated rings. The van der Waals surface area contributed by atoms with Crippen LogP contribution in [0.25, 0.3) is 0 Å². The van der Waals surface area contributed by atoms with Crippen LogP contribution in [0.15, 0.2) is 18.2 Å². The standard InChI is InChI=1S/C14H22N2O4S/c1-19-12-5-6-14(20-2)13(8-12)16-21(17,18)10-11-4-3-7-15-9-11/h5-6,8,11,15-16H,3-4,7,9-10H2,1-2H3. The molecule has 0 radical (unpaired) electrons. The summed E-state index contributed by atoms with van der Waals surface area (Å²) < 4.78 is 37.5. The molecule has 0 spiro atoms. The van der Waals surface area contributed by atoms with E-state index in [0.717, 1.165) is 25.9 Å². The van der Waals surface area contributed by atoms with Crippen molar-refractivity contribution in [2.75, 3.05) is 37.8 Å². The van der Waals surface area contributed by atoms with Gasteiger partial charge in [-0.2, -0.15) is 0 Å². The number of hydrogen-bond donors (Lipinski definition) is 2. The van der Waals surface area contributed by atoms with Crippen molar-refractivity contribution in [3.8, 4) is 11.5 Å². The lowest BCUT2D eigenvalue weighted by Gasteiger charge is -2.23. The van der Waals surface area contributed by atoms with Crippen LogP contribution in [0.2, 0.25) is 0 Å². The van der Waals surface area contributed by atoms with Gasteiger partial charge in [0, 0.05) is 6.07 Å². The number of anilines is 1. The molecule has 21 heavy (non-hydrogen) atoms. The SMILES string of the molecule is COc1ccc(OC)c(NS(=O)(=O)CC2CCCNC2)c1. The average molecular weight is 314 g/mol. The molecule has 1 aromatic carbocycles. The molecule has 2 N–H and O–H groups in total. The van der Waals surface area contributed by atoms with Crippen LogP contribution in [0.5, 0.6) is 11.5 Å². The third-order valence-electron chi connectivity index (χ3n) is 3.53. The zero-order valence-electron chi connectivity index (χ0n) is 12.4. The van der Waals surface area contributed by atoms with E-state index in [4.69, 9.17) is 9.47 Å². The van der Waals surface area contributed by atoms with Gasteiger partial charge in [0.25, 0.3) is 0 Å². The number of hydrogen-bond acceptors (Lipinski definition) is 5. The maximum atomic E-state index is 12.3. The maximum absolute atomic E-state index is 12.3. The van der Waals surface area contributed by atoms with E-state index < -0.39 is 10.0 Å². The number of methoxy groups -OCH3 is 2. The van der Waals surface area contributed by atoms with Crippen LogP contribution in [0.3, 0.4) is 0 Å². The second kappa shape index (κ2) is 7.00. The molecular formula is C14H22N2O4S. The third-order valence-corrected chi connectivity index (χ3v) is 4.97. The Kier molecular flexibility index (Phi) is 5.30. The molecule has 1 aromatic rings. The van der Waals surface area contributed by atoms with Crippen molar-refractivity contribution in [2.24, 2.45) is 5.92 Å². The van der Waals surface area contributed by atoms with Crippen molar-refractivity contribution in [3.63, 3.8) is 0 Å². The molecule has 0 saturated carbocycles. The van der Waals surface area contributed by atoms with E-state index in [1.54, 1.807) is 18.2 Å². The molecule has 118 valence electrons. The Hall–Kier alpha value is -1.47. The molecule has 1 aliphatic heterocycles. The fourth-order valence-electron chi connectivity index (χ4n) is 2.48. The first-order valence-electron chi connectivity index (χ1n) is 6.97. The van der Waals surface area contributed by atoms with Gasteiger partial charge in [0.2, 0.25) is 10.0 Å². The molecule has 7 heteroatoms. The highest BCUT2D eigenvalue weighted by atomic mass is 32.2. The van der Waals surface area contributed by atoms with Gasteiger partial charge in [0.1, 0.15) is 11.5 Å². The molecule has 0 amide bonds. The van der Waals surface area contributed by atoms with Crippen molar-refractivity contribution < 1.29 is 17.9 Å². The quantitative estimate of drug-likeness (QED) is 0.831. The molecule has 1 saturated heterocycles. The predicted octanol–water partition coefficient (Wildman–Crippen LogP) is 1.45. The van der Waals surface area contributed by atoms with Crippen molar-refractivity contribution in [1.29, 1.82) is 0 Å². The Balaban J connectivity index is 2.11. The van der Waals surface area contributed by atoms with Crippen LogP contribution in [0, 0.1) is 5.92 Å². The fourth-order valence-corrected chi connectivity index (χ4v) is 3.96. The molecule has 1 aliphatic rings. The lowest BCUT2D eigenvalue weighted by Crippen LogP contribution is -2.35. The fraction of sp³-hybridized carbons (Fsp3) is 0.571. The van der Waals surface area contributed by atoms with E-state index in [0.29, 0.717) is 17.2 Å². The van der Waals surface area contributed by atoms with Crippen LogP contribution in [-0.2, 0) is 10.0 Å². The number of ether oxygens (including phenoxy) is 2. The summed E-state index contributed by atoms with van der Waals surface area (Å²) in [7, 11) is -0.377. The van der Waals surface area contributed by atoms with E-state index in [1.807, 2.05) is 0 Å². The molecule has 0 aliphatic carbocycles. The smallest absolute Gasteiger partial charge is 0.233 e. The van der Waals surface area contributed by atoms with Gasteiger partial charge in [-0.25, -0.2) is 8.42 Å². The summed E-state index contributed by atoms with van der Waals surface area (Å²) in [6.45, 7) is 1.71. The molecule has 2 rings (SSSR count). The lowest BCUT2D eigenvalue weighted by atomic mass is 10.0. The number of rotatable bonds is 6. The van der Waals surface area contributed by atoms with E-state index in [2.05, 4.69) is 10.0 Å². The Morgan fingerprint density at radius 1 is 1.33 bits per heavy atom. The zero-order valence-corrected chi connectivity index (χ0v) is 13.2. The minimum Gasteiger partial charge on any atom is -0.497 e. The second-order valence-electron chi connectivity index (χ2n) is 5.16. The summed E-state index contributed by atoms with van der Waals surface area (Å²) in [6, 6.07) is 5.02. The Labute approximate surface area is 125 Å². The number of sulfonamides is 1. The van der Waals surface area contributed by atoms with Crippen molar-refractivity contribution in [1.82, 2.24) is 5.32 Å². The topological polar surface area (TPSA) is 76.7 Å². The summed E-state index contributed by atoms with van der Waals surface area (Å²) in [5, 5.41) is 3.23. The largest absolute Gasteiger partial charge is 0.497 e. The predicted molar refractivity (Wildman–Crippen MR) is 82.5 cm³/mol. The summed E-state index contributed by atoms with van der Waals surface area (Å²) in [5.74, 6) is 1.31. The van der Waals surface area contributed by atoms with Gasteiger partial charge in [-0.05, 0) is 44.0 Å². The summed E-state index contributed by atoms with van der Waals surface area (Å²) in [6.07, 6.45) is 1.95. The van der Waals surface area contributed by atoms with E-state index >= 15 is 0 Å². The first-order valence-corrected chi connectivity index (χ1v) is 8.62. The van der Waals surface area contributed by atoms with Gasteiger partial charge in [0.05, 0.1) is 25.7 Å². The van der Waals surface area contributed by atoms with Gasteiger partial charge >= 0.3 is 0 Å². The Morgan fingerprint density at radius 2 is 2.14 bits per heavy atom. The number of nitrogens with one attached hydrogen (secondary N) is 2. The van der Waals surface area contributed by atoms with E-state index in [9.17, 15) is 8.42 Å². The van der Waals surface area contributed by atoms with Crippen LogP contribution < -0.4 is 19.5 Å². The normalized spacial score (nSPS) is 19.0. The Morgan fingerprint density at radius 3 is 2.76 bits per heavy atom. The monoisotopic (exact) mass is 314 g/mol. The average Bonchev–Trinajstić information content (AvgIpc) is 2.47. The van der Waals surface area contributed by atoms with E-state index in [1.165, 1.54) is 14.2 Å². The maximum Gasteiger partial charge on any atom is 0.233 e. The van der Waals surface area contributed by atoms with Gasteiger partial charge in [-0.1, -0.05) is 0 Å². The molecule has 1 unspecified atom stereocenters. The zero-order chi connectivity index (χ0) is 15.3. The molecule has 0 aromatic heterocycles. The highest BCUT2D eigenvalue weighted by molar-refractivity contribution is 7.92. The Bertz CT molecular complexity index is 568. The van der Waals surface area contributed by atoms with Crippen LogP contribution >= 0.6 is 0 Å². The van der Waals surface area contributed by atoms with Crippen molar-refractivity contribution >= 4 is 15.7 Å². The summed E-state index contributed by atoms with van der Waals surface area (Å²) >= 11 is 0. The minimum absolute atomic E-state index is 0.111. The van der Waals surface area contributed by atoms with Gasteiger partial charge in [0.15, 0.2) is 0 Å². The van der Waals surface area contributed by atoms with Crippen LogP contribution in [0.1, 0.15) is 12.8 Å². The molecular weight excluding hydrogens is 292 g/mol. The molecule has 1 heterocycles. The first-order chi connectivity index (χ1) is 10.0. The molecule has 1 atom stereocenters. The van der Waals surface area contributed by atoms with Crippen LogP contribution in [0.4, 0.5) is 5.69 Å². The molecule has 0 bridgehead atoms. The first kappa shape index (κ1) is 15.9. The summed E-state index contributed by atoms with van der Waals surface area (Å²) in [5.41, 5.74) is 0.403. The van der Waals surface area contributed by atoms with E-state index in [-0.39, 0.29) is 11.7 Å². The minimum atomic E-state index is -3.42. The molecule has 6 nitrogen and oxygen atoms in total. The van der Waals surface area contributed by atoms with Gasteiger partial charge in [-0.3, -0.25) is 4.72 Å². The lowest BCUT2D eigenvalue weighted by molar-refractivity contribution is 0.403. The summed E-state index contributed by atoms with van der Waals surface area (Å²) in [4.78, 5) is 0. The van der Waals surface area contributed by atoms with Crippen molar-refractivity contribution in [3.05, 3.63) is 18.2 Å². The number of benzene rings is 1.